The van der Waals surface area contributed by atoms with Gasteiger partial charge in [0.05, 0.1) is 29.9 Å². The minimum absolute atomic E-state index is 0.0143. The number of aliphatic hydroxyl groups is 1. The molecule has 0 aliphatic carbocycles. The van der Waals surface area contributed by atoms with Crippen molar-refractivity contribution in [2.24, 2.45) is 0 Å². The third-order valence-corrected chi connectivity index (χ3v) is 4.45. The summed E-state index contributed by atoms with van der Waals surface area (Å²) in [6.07, 6.45) is 5.46. The lowest BCUT2D eigenvalue weighted by atomic mass is 10.1. The van der Waals surface area contributed by atoms with Crippen LogP contribution in [0.3, 0.4) is 0 Å². The molecule has 0 spiro atoms. The fourth-order valence-corrected chi connectivity index (χ4v) is 2.80. The molecular formula is C17H22ClN7O2. The molecule has 0 saturated carbocycles. The van der Waals surface area contributed by atoms with Gasteiger partial charge in [-0.05, 0) is 25.8 Å². The Morgan fingerprint density at radius 3 is 2.74 bits per heavy atom. The normalized spacial score (nSPS) is 15.6. The van der Waals surface area contributed by atoms with Gasteiger partial charge in [-0.15, -0.1) is 0 Å². The summed E-state index contributed by atoms with van der Waals surface area (Å²) in [7, 11) is 0. The highest BCUT2D eigenvalue weighted by Gasteiger charge is 2.24. The summed E-state index contributed by atoms with van der Waals surface area (Å²) in [6, 6.07) is -0.695. The quantitative estimate of drug-likeness (QED) is 0.707. The molecule has 144 valence electrons. The molecule has 0 aromatic carbocycles. The van der Waals surface area contributed by atoms with E-state index in [-0.39, 0.29) is 24.7 Å². The maximum Gasteiger partial charge on any atom is 0.318 e. The van der Waals surface area contributed by atoms with E-state index in [1.165, 1.54) is 12.4 Å². The number of halogens is 1. The van der Waals surface area contributed by atoms with Crippen LogP contribution in [0.4, 0.5) is 10.7 Å². The topological polar surface area (TPSA) is 116 Å². The molecule has 1 aliphatic rings. The molecule has 2 atom stereocenters. The molecule has 2 aromatic heterocycles. The van der Waals surface area contributed by atoms with Gasteiger partial charge in [0.2, 0.25) is 5.95 Å². The van der Waals surface area contributed by atoms with Crippen molar-refractivity contribution in [3.63, 3.8) is 0 Å². The van der Waals surface area contributed by atoms with Gasteiger partial charge in [-0.3, -0.25) is 0 Å². The SMILES string of the molecule is CC(CO)Nc1ncc2c(n1)CN(C(=O)NC(C)c1ncc(Cl)cn1)CC2. The maximum absolute atomic E-state index is 12.6. The predicted octanol–water partition coefficient (Wildman–Crippen LogP) is 1.54. The number of urea groups is 1. The lowest BCUT2D eigenvalue weighted by Gasteiger charge is -2.29. The number of anilines is 1. The Hall–Kier alpha value is -2.52. The molecule has 0 radical (unpaired) electrons. The number of carbonyl (C=O) groups is 1. The van der Waals surface area contributed by atoms with Crippen LogP contribution in [0.15, 0.2) is 18.6 Å². The largest absolute Gasteiger partial charge is 0.394 e. The zero-order valence-electron chi connectivity index (χ0n) is 15.2. The smallest absolute Gasteiger partial charge is 0.318 e. The van der Waals surface area contributed by atoms with Crippen molar-refractivity contribution < 1.29 is 9.90 Å². The van der Waals surface area contributed by atoms with Crippen molar-refractivity contribution in [2.75, 3.05) is 18.5 Å². The van der Waals surface area contributed by atoms with Gasteiger partial charge < -0.3 is 20.6 Å². The molecule has 1 aliphatic heterocycles. The molecule has 0 bridgehead atoms. The first-order chi connectivity index (χ1) is 13.0. The van der Waals surface area contributed by atoms with Crippen molar-refractivity contribution in [1.82, 2.24) is 30.2 Å². The summed E-state index contributed by atoms with van der Waals surface area (Å²) in [6.45, 7) is 4.61. The van der Waals surface area contributed by atoms with E-state index in [2.05, 4.69) is 30.6 Å². The van der Waals surface area contributed by atoms with Crippen molar-refractivity contribution in [3.8, 4) is 0 Å². The number of hydrogen-bond donors (Lipinski definition) is 3. The number of carbonyl (C=O) groups excluding carboxylic acids is 1. The summed E-state index contributed by atoms with van der Waals surface area (Å²) >= 11 is 5.79. The summed E-state index contributed by atoms with van der Waals surface area (Å²) in [4.78, 5) is 31.3. The van der Waals surface area contributed by atoms with Crippen LogP contribution in [-0.4, -0.2) is 55.2 Å². The number of amides is 2. The number of aliphatic hydroxyl groups excluding tert-OH is 1. The molecule has 2 unspecified atom stereocenters. The van der Waals surface area contributed by atoms with Gasteiger partial charge in [0, 0.05) is 31.2 Å². The summed E-state index contributed by atoms with van der Waals surface area (Å²) in [5, 5.41) is 15.5. The van der Waals surface area contributed by atoms with E-state index < -0.39 is 0 Å². The summed E-state index contributed by atoms with van der Waals surface area (Å²) < 4.78 is 0. The van der Waals surface area contributed by atoms with Crippen molar-refractivity contribution in [3.05, 3.63) is 40.7 Å². The van der Waals surface area contributed by atoms with Gasteiger partial charge in [-0.2, -0.15) is 0 Å². The molecule has 3 rings (SSSR count). The average Bonchev–Trinajstić information content (AvgIpc) is 2.67. The van der Waals surface area contributed by atoms with Gasteiger partial charge in [0.1, 0.15) is 5.82 Å². The summed E-state index contributed by atoms with van der Waals surface area (Å²) in [5.74, 6) is 0.942. The van der Waals surface area contributed by atoms with Gasteiger partial charge in [-0.1, -0.05) is 11.6 Å². The van der Waals surface area contributed by atoms with E-state index in [4.69, 9.17) is 16.7 Å². The van der Waals surface area contributed by atoms with Crippen LogP contribution in [0, 0.1) is 0 Å². The van der Waals surface area contributed by atoms with E-state index in [1.807, 2.05) is 13.8 Å². The highest BCUT2D eigenvalue weighted by Crippen LogP contribution is 2.19. The van der Waals surface area contributed by atoms with Crippen LogP contribution in [0.5, 0.6) is 0 Å². The summed E-state index contributed by atoms with van der Waals surface area (Å²) in [5.41, 5.74) is 1.82. The average molecular weight is 392 g/mol. The fourth-order valence-electron chi connectivity index (χ4n) is 2.70. The van der Waals surface area contributed by atoms with Crippen molar-refractivity contribution >= 4 is 23.6 Å². The van der Waals surface area contributed by atoms with Crippen LogP contribution >= 0.6 is 11.6 Å². The van der Waals surface area contributed by atoms with E-state index in [1.54, 1.807) is 11.1 Å². The second kappa shape index (κ2) is 8.45. The Bertz CT molecular complexity index is 802. The standard InChI is InChI=1S/C17H22ClN7O2/c1-10(9-26)22-16-21-5-12-3-4-25(8-14(12)24-16)17(27)23-11(2)15-19-6-13(18)7-20-15/h5-7,10-11,26H,3-4,8-9H2,1-2H3,(H,23,27)(H,21,22,24). The molecule has 3 N–H and O–H groups in total. The Balaban J connectivity index is 1.64. The number of fused-ring (bicyclic) bond motifs is 1. The second-order valence-corrected chi connectivity index (χ2v) is 6.93. The predicted molar refractivity (Wildman–Crippen MR) is 100 cm³/mol. The number of aromatic nitrogens is 4. The van der Waals surface area contributed by atoms with E-state index >= 15 is 0 Å². The number of nitrogens with zero attached hydrogens (tertiary/aromatic N) is 5. The fraction of sp³-hybridized carbons (Fsp3) is 0.471. The van der Waals surface area contributed by atoms with Crippen LogP contribution in [0.2, 0.25) is 5.02 Å². The molecule has 3 heterocycles. The second-order valence-electron chi connectivity index (χ2n) is 6.50. The van der Waals surface area contributed by atoms with Crippen LogP contribution < -0.4 is 10.6 Å². The molecule has 27 heavy (non-hydrogen) atoms. The van der Waals surface area contributed by atoms with Gasteiger partial charge >= 0.3 is 6.03 Å². The number of rotatable bonds is 5. The highest BCUT2D eigenvalue weighted by atomic mass is 35.5. The Morgan fingerprint density at radius 1 is 1.30 bits per heavy atom. The Morgan fingerprint density at radius 2 is 2.04 bits per heavy atom. The lowest BCUT2D eigenvalue weighted by molar-refractivity contribution is 0.187. The molecule has 10 heteroatoms. The van der Waals surface area contributed by atoms with Gasteiger partial charge in [0.15, 0.2) is 0 Å². The number of hydrogen-bond acceptors (Lipinski definition) is 7. The first-order valence-electron chi connectivity index (χ1n) is 8.71. The van der Waals surface area contributed by atoms with Crippen molar-refractivity contribution in [1.29, 1.82) is 0 Å². The third kappa shape index (κ3) is 4.81. The molecule has 2 amide bonds. The monoisotopic (exact) mass is 391 g/mol. The molecule has 0 fully saturated rings. The Labute approximate surface area is 162 Å². The molecule has 2 aromatic rings. The van der Waals surface area contributed by atoms with Gasteiger partial charge in [0.25, 0.3) is 0 Å². The van der Waals surface area contributed by atoms with Crippen LogP contribution in [0.1, 0.15) is 37.0 Å². The zero-order valence-corrected chi connectivity index (χ0v) is 15.9. The number of nitrogens with one attached hydrogen (secondary N) is 2. The molecular weight excluding hydrogens is 370 g/mol. The van der Waals surface area contributed by atoms with E-state index in [9.17, 15) is 4.79 Å². The van der Waals surface area contributed by atoms with Crippen LogP contribution in [0.25, 0.3) is 0 Å². The first-order valence-corrected chi connectivity index (χ1v) is 9.09. The Kier molecular flexibility index (Phi) is 6.02. The molecule has 0 saturated heterocycles. The van der Waals surface area contributed by atoms with E-state index in [0.717, 1.165) is 11.3 Å². The zero-order chi connectivity index (χ0) is 19.4. The lowest BCUT2D eigenvalue weighted by Crippen LogP contribution is -2.44. The molecule has 9 nitrogen and oxygen atoms in total. The first kappa shape index (κ1) is 19.2. The third-order valence-electron chi connectivity index (χ3n) is 4.25. The van der Waals surface area contributed by atoms with E-state index in [0.29, 0.717) is 36.3 Å². The minimum atomic E-state index is -0.343. The highest BCUT2D eigenvalue weighted by molar-refractivity contribution is 6.30. The van der Waals surface area contributed by atoms with Crippen LogP contribution in [-0.2, 0) is 13.0 Å². The van der Waals surface area contributed by atoms with Crippen molar-refractivity contribution in [2.45, 2.75) is 38.9 Å². The maximum atomic E-state index is 12.6. The van der Waals surface area contributed by atoms with Gasteiger partial charge in [-0.25, -0.2) is 24.7 Å². The minimum Gasteiger partial charge on any atom is -0.394 e.